The number of nitrogens with zero attached hydrogens (tertiary/aromatic N) is 3. The fraction of sp³-hybridized carbons (Fsp3) is 0.567. The molecule has 0 saturated carbocycles. The first-order valence-electron chi connectivity index (χ1n) is 15.9. The molecule has 1 aromatic carbocycles. The molecule has 1 aliphatic heterocycles. The number of nitrogens with one attached hydrogen (secondary N) is 3. The van der Waals surface area contributed by atoms with Crippen molar-refractivity contribution in [1.29, 1.82) is 0 Å². The molecule has 1 aliphatic rings. The number of hydrogen-bond acceptors (Lipinski definition) is 10. The van der Waals surface area contributed by atoms with Crippen molar-refractivity contribution in [2.45, 2.75) is 88.2 Å². The molecule has 0 radical (unpaired) electrons. The third-order valence-electron chi connectivity index (χ3n) is 7.84. The van der Waals surface area contributed by atoms with E-state index < -0.39 is 65.8 Å². The minimum Gasteiger partial charge on any atom is -0.508 e. The van der Waals surface area contributed by atoms with E-state index in [2.05, 4.69) is 25.9 Å². The van der Waals surface area contributed by atoms with E-state index in [1.807, 2.05) is 0 Å². The quantitative estimate of drug-likeness (QED) is 0.0373. The first-order chi connectivity index (χ1) is 23.1. The second-order valence-corrected chi connectivity index (χ2v) is 11.8. The number of nitrogens with two attached hydrogens (primary N) is 6. The van der Waals surface area contributed by atoms with Gasteiger partial charge in [0.05, 0.1) is 6.10 Å². The van der Waals surface area contributed by atoms with Crippen LogP contribution in [0.3, 0.4) is 0 Å². The molecule has 0 aliphatic carbocycles. The van der Waals surface area contributed by atoms with Crippen LogP contribution in [0.25, 0.3) is 0 Å². The molecule has 0 bridgehead atoms. The molecule has 1 heterocycles. The highest BCUT2D eigenvalue weighted by Gasteiger charge is 2.39. The number of carbonyl (C=O) groups excluding carboxylic acids is 5. The Balaban J connectivity index is 2.25. The Kier molecular flexibility index (Phi) is 16.0. The Labute approximate surface area is 284 Å². The van der Waals surface area contributed by atoms with Gasteiger partial charge in [-0.15, -0.1) is 0 Å². The van der Waals surface area contributed by atoms with E-state index in [-0.39, 0.29) is 69.4 Å². The molecule has 19 heteroatoms. The number of amides is 5. The first-order valence-corrected chi connectivity index (χ1v) is 15.9. The van der Waals surface area contributed by atoms with Crippen molar-refractivity contribution in [3.63, 3.8) is 0 Å². The zero-order chi connectivity index (χ0) is 36.7. The Morgan fingerprint density at radius 1 is 0.857 bits per heavy atom. The van der Waals surface area contributed by atoms with Crippen LogP contribution in [0.4, 0.5) is 0 Å². The topological polar surface area (TPSA) is 346 Å². The number of aliphatic hydroxyl groups is 1. The highest BCUT2D eigenvalue weighted by molar-refractivity contribution is 5.96. The molecule has 49 heavy (non-hydrogen) atoms. The molecule has 1 aromatic rings. The van der Waals surface area contributed by atoms with E-state index in [9.17, 15) is 34.2 Å². The number of phenols is 1. The van der Waals surface area contributed by atoms with Crippen molar-refractivity contribution < 1.29 is 34.2 Å². The van der Waals surface area contributed by atoms with Crippen LogP contribution >= 0.6 is 0 Å². The average Bonchev–Trinajstić information content (AvgIpc) is 3.53. The van der Waals surface area contributed by atoms with Crippen LogP contribution in [-0.2, 0) is 30.4 Å². The summed E-state index contributed by atoms with van der Waals surface area (Å²) in [6, 6.07) is 0.285. The zero-order valence-electron chi connectivity index (χ0n) is 27.6. The first kappa shape index (κ1) is 40.0. The van der Waals surface area contributed by atoms with Crippen LogP contribution in [0.15, 0.2) is 34.3 Å². The van der Waals surface area contributed by atoms with Gasteiger partial charge in [-0.25, -0.2) is 0 Å². The van der Waals surface area contributed by atoms with Crippen LogP contribution < -0.4 is 50.4 Å². The number of hydrogen-bond donors (Lipinski definition) is 11. The van der Waals surface area contributed by atoms with Gasteiger partial charge in [-0.3, -0.25) is 34.0 Å². The van der Waals surface area contributed by atoms with Crippen LogP contribution in [0.5, 0.6) is 5.75 Å². The molecule has 1 fully saturated rings. The second-order valence-electron chi connectivity index (χ2n) is 11.8. The van der Waals surface area contributed by atoms with E-state index in [1.165, 1.54) is 24.0 Å². The SMILES string of the molecule is CC(O)C(N)C(=O)NC(CCCN=C(N)N)C(=O)N1CCCC1C(=O)NC(CCCN=C(N)N)C(=O)NC(Cc1ccc(O)cc1)C(N)=O. The van der Waals surface area contributed by atoms with E-state index in [0.717, 1.165) is 0 Å². The van der Waals surface area contributed by atoms with Crippen molar-refractivity contribution >= 4 is 41.5 Å². The van der Waals surface area contributed by atoms with Gasteiger partial charge >= 0.3 is 0 Å². The summed E-state index contributed by atoms with van der Waals surface area (Å²) in [5.41, 5.74) is 33.6. The average molecular weight is 691 g/mol. The van der Waals surface area contributed by atoms with Gasteiger partial charge in [0.25, 0.3) is 0 Å². The summed E-state index contributed by atoms with van der Waals surface area (Å²) in [6.45, 7) is 1.85. The minimum atomic E-state index is -1.30. The molecule has 17 N–H and O–H groups in total. The number of carbonyl (C=O) groups is 5. The standard InChI is InChI=1S/C30H50N12O7/c1-16(43)23(31)27(48)40-20(6-3-13-38-30(35)36)28(49)42-14-4-7-22(42)26(47)39-19(5-2-12-37-29(33)34)25(46)41-21(24(32)45)15-17-8-10-18(44)11-9-17/h8-11,16,19-23,43-44H,2-7,12-15,31H2,1H3,(H2,32,45)(H,39,47)(H,40,48)(H,41,46)(H4,33,34,37)(H4,35,36,38). The van der Waals surface area contributed by atoms with Crippen molar-refractivity contribution in [1.82, 2.24) is 20.9 Å². The maximum atomic E-state index is 13.8. The number of aliphatic imine (C=N–C) groups is 2. The normalized spacial score (nSPS) is 17.0. The summed E-state index contributed by atoms with van der Waals surface area (Å²) in [6.07, 6.45) is 0.312. The lowest BCUT2D eigenvalue weighted by Gasteiger charge is -2.30. The number of rotatable bonds is 19. The number of benzene rings is 1. The lowest BCUT2D eigenvalue weighted by molar-refractivity contribution is -0.142. The molecule has 19 nitrogen and oxygen atoms in total. The van der Waals surface area contributed by atoms with Gasteiger partial charge in [0.2, 0.25) is 29.5 Å². The predicted octanol–water partition coefficient (Wildman–Crippen LogP) is -4.32. The molecule has 5 amide bonds. The number of guanidine groups is 2. The molecule has 1 saturated heterocycles. The third kappa shape index (κ3) is 13.5. The monoisotopic (exact) mass is 690 g/mol. The number of aromatic hydroxyl groups is 1. The maximum absolute atomic E-state index is 13.8. The van der Waals surface area contributed by atoms with E-state index in [0.29, 0.717) is 18.4 Å². The van der Waals surface area contributed by atoms with Crippen LogP contribution in [-0.4, -0.2) is 113 Å². The van der Waals surface area contributed by atoms with Crippen molar-refractivity contribution in [2.75, 3.05) is 19.6 Å². The Morgan fingerprint density at radius 2 is 1.41 bits per heavy atom. The molecule has 0 aromatic heterocycles. The fourth-order valence-electron chi connectivity index (χ4n) is 5.15. The molecule has 0 spiro atoms. The summed E-state index contributed by atoms with van der Waals surface area (Å²) in [4.78, 5) is 75.0. The van der Waals surface area contributed by atoms with Gasteiger partial charge in [-0.05, 0) is 63.1 Å². The van der Waals surface area contributed by atoms with E-state index in [1.54, 1.807) is 12.1 Å². The second kappa shape index (κ2) is 19.6. The van der Waals surface area contributed by atoms with E-state index in [4.69, 9.17) is 34.4 Å². The Morgan fingerprint density at radius 3 is 1.94 bits per heavy atom. The van der Waals surface area contributed by atoms with Crippen LogP contribution in [0, 0.1) is 0 Å². The van der Waals surface area contributed by atoms with Crippen molar-refractivity contribution in [3.8, 4) is 5.75 Å². The number of primary amides is 1. The number of likely N-dealkylation sites (tertiary alicyclic amines) is 1. The summed E-state index contributed by atoms with van der Waals surface area (Å²) < 4.78 is 0. The Hall–Kier alpha value is -5.17. The van der Waals surface area contributed by atoms with Crippen molar-refractivity contribution in [2.24, 2.45) is 44.4 Å². The molecule has 6 atom stereocenters. The largest absolute Gasteiger partial charge is 0.508 e. The fourth-order valence-corrected chi connectivity index (χ4v) is 5.15. The van der Waals surface area contributed by atoms with Gasteiger partial charge in [-0.2, -0.15) is 0 Å². The lowest BCUT2D eigenvalue weighted by Crippen LogP contribution is -2.59. The molecular weight excluding hydrogens is 640 g/mol. The predicted molar refractivity (Wildman–Crippen MR) is 181 cm³/mol. The van der Waals surface area contributed by atoms with Gasteiger partial charge in [0.15, 0.2) is 11.9 Å². The van der Waals surface area contributed by atoms with Gasteiger partial charge in [0, 0.05) is 26.1 Å². The van der Waals surface area contributed by atoms with E-state index >= 15 is 0 Å². The maximum Gasteiger partial charge on any atom is 0.245 e. The molecule has 272 valence electrons. The van der Waals surface area contributed by atoms with Gasteiger partial charge in [0.1, 0.15) is 36.0 Å². The number of phenolic OH excluding ortho intramolecular Hbond substituents is 1. The summed E-state index contributed by atoms with van der Waals surface area (Å²) in [5, 5.41) is 27.2. The van der Waals surface area contributed by atoms with Crippen LogP contribution in [0.1, 0.15) is 51.0 Å². The minimum absolute atomic E-state index is 0.0226. The van der Waals surface area contributed by atoms with Gasteiger partial charge in [-0.1, -0.05) is 12.1 Å². The number of aliphatic hydroxyl groups excluding tert-OH is 1. The molecule has 2 rings (SSSR count). The molecule has 6 unspecified atom stereocenters. The molecular formula is C30H50N12O7. The zero-order valence-corrected chi connectivity index (χ0v) is 27.6. The third-order valence-corrected chi connectivity index (χ3v) is 7.84. The van der Waals surface area contributed by atoms with Gasteiger partial charge < -0.3 is 65.5 Å². The smallest absolute Gasteiger partial charge is 0.245 e. The van der Waals surface area contributed by atoms with Crippen LogP contribution in [0.2, 0.25) is 0 Å². The summed E-state index contributed by atoms with van der Waals surface area (Å²) in [5.74, 6) is -3.74. The summed E-state index contributed by atoms with van der Waals surface area (Å²) in [7, 11) is 0. The summed E-state index contributed by atoms with van der Waals surface area (Å²) >= 11 is 0. The Bertz CT molecular complexity index is 1350. The van der Waals surface area contributed by atoms with Crippen molar-refractivity contribution in [3.05, 3.63) is 29.8 Å². The lowest BCUT2D eigenvalue weighted by atomic mass is 10.0. The highest BCUT2D eigenvalue weighted by atomic mass is 16.3. The highest BCUT2D eigenvalue weighted by Crippen LogP contribution is 2.21.